The Kier molecular flexibility index (Phi) is 4.99. The van der Waals surface area contributed by atoms with Crippen molar-refractivity contribution in [1.82, 2.24) is 0 Å². The van der Waals surface area contributed by atoms with Crippen molar-refractivity contribution in [1.29, 1.82) is 5.26 Å². The number of alkyl halides is 1. The lowest BCUT2D eigenvalue weighted by atomic mass is 9.97. The van der Waals surface area contributed by atoms with Gasteiger partial charge >= 0.3 is 5.97 Å². The summed E-state index contributed by atoms with van der Waals surface area (Å²) in [7, 11) is 0. The number of esters is 1. The Labute approximate surface area is 106 Å². The van der Waals surface area contributed by atoms with E-state index in [0.29, 0.717) is 17.7 Å². The summed E-state index contributed by atoms with van der Waals surface area (Å²) in [6, 6.07) is 5.74. The molecule has 1 rings (SSSR count). The first-order valence-electron chi connectivity index (χ1n) is 5.36. The summed E-state index contributed by atoms with van der Waals surface area (Å²) in [6.07, 6.45) is 0.0963. The number of rotatable bonds is 4. The number of nitriles is 1. The predicted molar refractivity (Wildman–Crippen MR) is 65.8 cm³/mol. The van der Waals surface area contributed by atoms with E-state index in [1.807, 2.05) is 13.0 Å². The van der Waals surface area contributed by atoms with Gasteiger partial charge in [0.25, 0.3) is 0 Å². The van der Waals surface area contributed by atoms with E-state index in [1.165, 1.54) is 0 Å². The number of carbonyl (C=O) groups excluding carboxylic acids is 1. The van der Waals surface area contributed by atoms with Gasteiger partial charge in [0.05, 0.1) is 24.7 Å². The quantitative estimate of drug-likeness (QED) is 0.611. The van der Waals surface area contributed by atoms with Crippen molar-refractivity contribution >= 4 is 17.6 Å². The summed E-state index contributed by atoms with van der Waals surface area (Å²) in [4.78, 5) is 11.5. The molecular weight excluding hydrogens is 238 g/mol. The third-order valence-corrected chi connectivity index (χ3v) is 2.67. The minimum absolute atomic E-state index is 0.0963. The Morgan fingerprint density at radius 1 is 1.53 bits per heavy atom. The zero-order valence-electron chi connectivity index (χ0n) is 9.92. The van der Waals surface area contributed by atoms with Crippen LogP contribution >= 0.6 is 11.6 Å². The van der Waals surface area contributed by atoms with E-state index >= 15 is 0 Å². The molecule has 0 aliphatic carbocycles. The van der Waals surface area contributed by atoms with Gasteiger partial charge in [-0.25, -0.2) is 0 Å². The molecular formula is C13H14ClNO2. The summed E-state index contributed by atoms with van der Waals surface area (Å²) in [5.41, 5.74) is 2.95. The molecule has 90 valence electrons. The Balaban J connectivity index is 3.12. The van der Waals surface area contributed by atoms with Gasteiger partial charge in [-0.15, -0.1) is 11.6 Å². The van der Waals surface area contributed by atoms with Crippen molar-refractivity contribution in [2.75, 3.05) is 6.61 Å². The van der Waals surface area contributed by atoms with Crippen LogP contribution in [0.15, 0.2) is 12.1 Å². The lowest BCUT2D eigenvalue weighted by Gasteiger charge is -2.10. The van der Waals surface area contributed by atoms with Gasteiger partial charge in [-0.2, -0.15) is 5.26 Å². The Bertz CT molecular complexity index is 463. The van der Waals surface area contributed by atoms with E-state index in [0.717, 1.165) is 11.1 Å². The van der Waals surface area contributed by atoms with E-state index in [-0.39, 0.29) is 18.3 Å². The molecule has 4 heteroatoms. The van der Waals surface area contributed by atoms with Crippen molar-refractivity contribution in [2.45, 2.75) is 26.1 Å². The first-order chi connectivity index (χ1) is 8.12. The molecule has 17 heavy (non-hydrogen) atoms. The average molecular weight is 252 g/mol. The fourth-order valence-electron chi connectivity index (χ4n) is 1.68. The van der Waals surface area contributed by atoms with Crippen LogP contribution in [0.25, 0.3) is 0 Å². The second-order valence-electron chi connectivity index (χ2n) is 3.68. The molecule has 0 fully saturated rings. The number of carbonyl (C=O) groups is 1. The minimum Gasteiger partial charge on any atom is -0.466 e. The van der Waals surface area contributed by atoms with Gasteiger partial charge in [0.2, 0.25) is 0 Å². The number of hydrogen-bond acceptors (Lipinski definition) is 3. The fourth-order valence-corrected chi connectivity index (χ4v) is 1.91. The smallest absolute Gasteiger partial charge is 0.310 e. The van der Waals surface area contributed by atoms with E-state index < -0.39 is 0 Å². The first kappa shape index (κ1) is 13.5. The molecule has 0 spiro atoms. The minimum atomic E-state index is -0.334. The van der Waals surface area contributed by atoms with Gasteiger partial charge < -0.3 is 4.74 Å². The van der Waals surface area contributed by atoms with Gasteiger partial charge in [0, 0.05) is 5.88 Å². The normalized spacial score (nSPS) is 9.76. The lowest BCUT2D eigenvalue weighted by Crippen LogP contribution is -2.10. The van der Waals surface area contributed by atoms with Gasteiger partial charge in [-0.3, -0.25) is 4.79 Å². The zero-order valence-corrected chi connectivity index (χ0v) is 10.7. The number of nitrogens with zero attached hydrogens (tertiary/aromatic N) is 1. The van der Waals surface area contributed by atoms with Crippen LogP contribution in [0, 0.1) is 18.3 Å². The molecule has 0 saturated carbocycles. The zero-order chi connectivity index (χ0) is 12.8. The molecule has 1 aromatic carbocycles. The van der Waals surface area contributed by atoms with Crippen LogP contribution in [0.3, 0.4) is 0 Å². The number of benzene rings is 1. The van der Waals surface area contributed by atoms with Crippen molar-refractivity contribution in [3.8, 4) is 6.07 Å². The van der Waals surface area contributed by atoms with Gasteiger partial charge in [-0.1, -0.05) is 6.07 Å². The SMILES string of the molecule is CCOC(=O)Cc1c(C#N)cc(C)cc1CCl. The highest BCUT2D eigenvalue weighted by Crippen LogP contribution is 2.20. The molecule has 0 aliphatic rings. The maximum Gasteiger partial charge on any atom is 0.310 e. The van der Waals surface area contributed by atoms with Gasteiger partial charge in [-0.05, 0) is 36.6 Å². The van der Waals surface area contributed by atoms with Crippen molar-refractivity contribution in [3.05, 3.63) is 34.4 Å². The lowest BCUT2D eigenvalue weighted by molar-refractivity contribution is -0.142. The number of halogens is 1. The summed E-state index contributed by atoms with van der Waals surface area (Å²) in [5, 5.41) is 9.06. The molecule has 3 nitrogen and oxygen atoms in total. The number of aryl methyl sites for hydroxylation is 1. The molecule has 1 aromatic rings. The van der Waals surface area contributed by atoms with Crippen LogP contribution in [0.1, 0.15) is 29.2 Å². The molecule has 0 unspecified atom stereocenters. The van der Waals surface area contributed by atoms with Crippen molar-refractivity contribution in [3.63, 3.8) is 0 Å². The second kappa shape index (κ2) is 6.27. The summed E-state index contributed by atoms with van der Waals surface area (Å²) < 4.78 is 4.88. The fraction of sp³-hybridized carbons (Fsp3) is 0.385. The van der Waals surface area contributed by atoms with Crippen molar-refractivity contribution < 1.29 is 9.53 Å². The second-order valence-corrected chi connectivity index (χ2v) is 3.94. The molecule has 0 N–H and O–H groups in total. The maximum atomic E-state index is 11.5. The first-order valence-corrected chi connectivity index (χ1v) is 5.89. The maximum absolute atomic E-state index is 11.5. The van der Waals surface area contributed by atoms with E-state index in [2.05, 4.69) is 6.07 Å². The Hall–Kier alpha value is -1.53. The third-order valence-electron chi connectivity index (χ3n) is 2.38. The van der Waals surface area contributed by atoms with Crippen LogP contribution in [-0.2, 0) is 21.8 Å². The largest absolute Gasteiger partial charge is 0.466 e. The number of hydrogen-bond donors (Lipinski definition) is 0. The molecule has 0 bridgehead atoms. The highest BCUT2D eigenvalue weighted by molar-refractivity contribution is 6.17. The highest BCUT2D eigenvalue weighted by atomic mass is 35.5. The van der Waals surface area contributed by atoms with Gasteiger partial charge in [0.15, 0.2) is 0 Å². The Morgan fingerprint density at radius 3 is 2.76 bits per heavy atom. The number of ether oxygens (including phenoxy) is 1. The molecule has 0 heterocycles. The summed E-state index contributed by atoms with van der Waals surface area (Å²) >= 11 is 5.83. The predicted octanol–water partition coefficient (Wildman–Crippen LogP) is 2.71. The molecule has 0 aromatic heterocycles. The summed E-state index contributed by atoms with van der Waals surface area (Å²) in [6.45, 7) is 3.98. The highest BCUT2D eigenvalue weighted by Gasteiger charge is 2.13. The molecule has 0 radical (unpaired) electrons. The average Bonchev–Trinajstić information content (AvgIpc) is 2.31. The topological polar surface area (TPSA) is 50.1 Å². The van der Waals surface area contributed by atoms with E-state index in [9.17, 15) is 4.79 Å². The van der Waals surface area contributed by atoms with E-state index in [1.54, 1.807) is 13.0 Å². The molecule has 0 saturated heterocycles. The standard InChI is InChI=1S/C13H14ClNO2/c1-3-17-13(16)6-12-10(7-14)4-9(2)5-11(12)8-15/h4-5H,3,6-7H2,1-2H3. The van der Waals surface area contributed by atoms with Crippen LogP contribution in [0.4, 0.5) is 0 Å². The van der Waals surface area contributed by atoms with Gasteiger partial charge in [0.1, 0.15) is 0 Å². The van der Waals surface area contributed by atoms with Crippen LogP contribution in [0.2, 0.25) is 0 Å². The monoisotopic (exact) mass is 251 g/mol. The Morgan fingerprint density at radius 2 is 2.24 bits per heavy atom. The molecule has 0 aliphatic heterocycles. The van der Waals surface area contributed by atoms with Crippen LogP contribution in [-0.4, -0.2) is 12.6 Å². The van der Waals surface area contributed by atoms with Crippen LogP contribution < -0.4 is 0 Å². The van der Waals surface area contributed by atoms with Crippen molar-refractivity contribution in [2.24, 2.45) is 0 Å². The van der Waals surface area contributed by atoms with Crippen LogP contribution in [0.5, 0.6) is 0 Å². The van der Waals surface area contributed by atoms with E-state index in [4.69, 9.17) is 21.6 Å². The summed E-state index contributed by atoms with van der Waals surface area (Å²) in [5.74, 6) is -0.0512. The third kappa shape index (κ3) is 3.47. The molecule has 0 amide bonds. The molecule has 0 atom stereocenters.